The summed E-state index contributed by atoms with van der Waals surface area (Å²) in [5.41, 5.74) is 0. The molecule has 0 fully saturated rings. The van der Waals surface area contributed by atoms with Crippen LogP contribution < -0.4 is 4.89 Å². The number of hydrogen-bond acceptors (Lipinski definition) is 8. The zero-order chi connectivity index (χ0) is 38.6. The molecule has 0 rings (SSSR count). The first-order valence-electron chi connectivity index (χ1n) is 21.1. The van der Waals surface area contributed by atoms with Gasteiger partial charge in [0.1, 0.15) is 19.8 Å². The lowest BCUT2D eigenvalue weighted by molar-refractivity contribution is -0.870. The van der Waals surface area contributed by atoms with Gasteiger partial charge in [0.2, 0.25) is 0 Å². The van der Waals surface area contributed by atoms with E-state index >= 15 is 0 Å². The lowest BCUT2D eigenvalue weighted by Crippen LogP contribution is -2.37. The second-order valence-corrected chi connectivity index (χ2v) is 16.8. The van der Waals surface area contributed by atoms with E-state index in [0.29, 0.717) is 17.4 Å². The standard InChI is InChI=1S/C42H80NO8P/c1-6-8-10-12-14-16-18-20-21-23-25-27-29-31-33-35-42(45)51-40(39-50-52(46,47)49-37-36-43(3,4)5)38-48-41(44)34-32-30-28-26-24-22-19-17-15-13-11-9-7-2/h16,18,20-21,40H,6-15,17,19,22-39H2,1-5H3/b18-16-,21-20+/t40-/m1/s1. The van der Waals surface area contributed by atoms with E-state index in [4.69, 9.17) is 18.5 Å². The minimum atomic E-state index is -4.62. The van der Waals surface area contributed by atoms with Gasteiger partial charge in [-0.15, -0.1) is 0 Å². The van der Waals surface area contributed by atoms with Crippen molar-refractivity contribution >= 4 is 19.8 Å². The molecule has 0 spiro atoms. The van der Waals surface area contributed by atoms with E-state index < -0.39 is 26.5 Å². The van der Waals surface area contributed by atoms with E-state index in [1.807, 2.05) is 21.1 Å². The first kappa shape index (κ1) is 50.5. The Morgan fingerprint density at radius 1 is 0.596 bits per heavy atom. The minimum absolute atomic E-state index is 0.0324. The summed E-state index contributed by atoms with van der Waals surface area (Å²) in [6.45, 7) is 4.19. The molecule has 1 unspecified atom stereocenters. The van der Waals surface area contributed by atoms with Gasteiger partial charge in [-0.05, 0) is 38.5 Å². The van der Waals surface area contributed by atoms with Crippen LogP contribution in [0, 0.1) is 0 Å². The maximum atomic E-state index is 12.6. The van der Waals surface area contributed by atoms with Crippen molar-refractivity contribution < 1.29 is 42.1 Å². The number of likely N-dealkylation sites (N-methyl/N-ethyl adjacent to an activating group) is 1. The Bertz CT molecular complexity index is 949. The summed E-state index contributed by atoms with van der Waals surface area (Å²) >= 11 is 0. The Kier molecular flexibility index (Phi) is 34.2. The first-order chi connectivity index (χ1) is 25.0. The second kappa shape index (κ2) is 35.2. The maximum Gasteiger partial charge on any atom is 0.306 e. The van der Waals surface area contributed by atoms with E-state index in [9.17, 15) is 19.0 Å². The van der Waals surface area contributed by atoms with E-state index in [0.717, 1.165) is 57.8 Å². The molecule has 0 aliphatic heterocycles. The molecule has 0 saturated heterocycles. The number of phosphoric ester groups is 1. The zero-order valence-electron chi connectivity index (χ0n) is 34.3. The number of quaternary nitrogens is 1. The van der Waals surface area contributed by atoms with Crippen LogP contribution in [0.1, 0.15) is 181 Å². The summed E-state index contributed by atoms with van der Waals surface area (Å²) in [6.07, 6.45) is 36.2. The molecule has 0 aliphatic carbocycles. The van der Waals surface area contributed by atoms with Crippen LogP contribution in [0.3, 0.4) is 0 Å². The molecule has 52 heavy (non-hydrogen) atoms. The van der Waals surface area contributed by atoms with Gasteiger partial charge in [-0.1, -0.05) is 154 Å². The summed E-state index contributed by atoms with van der Waals surface area (Å²) in [7, 11) is 1.16. The molecule has 0 N–H and O–H groups in total. The monoisotopic (exact) mass is 758 g/mol. The maximum absolute atomic E-state index is 12.6. The average molecular weight is 758 g/mol. The van der Waals surface area contributed by atoms with Crippen LogP contribution in [0.5, 0.6) is 0 Å². The largest absolute Gasteiger partial charge is 0.756 e. The molecule has 0 radical (unpaired) electrons. The van der Waals surface area contributed by atoms with Gasteiger partial charge in [0.25, 0.3) is 7.82 Å². The van der Waals surface area contributed by atoms with Crippen molar-refractivity contribution in [3.8, 4) is 0 Å². The number of carbonyl (C=O) groups excluding carboxylic acids is 2. The Hall–Kier alpha value is -1.51. The SMILES string of the molecule is CCCCCC/C=C\C=C\CCCCCCCC(=O)O[C@H](COC(=O)CCCCCCCCCCCCCCC)COP(=O)([O-])OCC[N+](C)(C)C. The predicted molar refractivity (Wildman–Crippen MR) is 213 cm³/mol. The quantitative estimate of drug-likeness (QED) is 0.0201. The molecule has 9 nitrogen and oxygen atoms in total. The minimum Gasteiger partial charge on any atom is -0.756 e. The van der Waals surface area contributed by atoms with Crippen LogP contribution in [0.25, 0.3) is 0 Å². The molecular formula is C42H80NO8P. The molecule has 0 aromatic heterocycles. The lowest BCUT2D eigenvalue weighted by Gasteiger charge is -2.28. The second-order valence-electron chi connectivity index (χ2n) is 15.4. The number of hydrogen-bond donors (Lipinski definition) is 0. The molecule has 0 saturated carbocycles. The summed E-state index contributed by atoms with van der Waals surface area (Å²) in [5, 5.41) is 0. The molecular weight excluding hydrogens is 677 g/mol. The predicted octanol–water partition coefficient (Wildman–Crippen LogP) is 10.9. The summed E-state index contributed by atoms with van der Waals surface area (Å²) < 4.78 is 33.8. The van der Waals surface area contributed by atoms with Crippen molar-refractivity contribution in [1.82, 2.24) is 0 Å². The third-order valence-electron chi connectivity index (χ3n) is 9.00. The van der Waals surface area contributed by atoms with Gasteiger partial charge in [0, 0.05) is 12.8 Å². The van der Waals surface area contributed by atoms with Crippen molar-refractivity contribution in [3.05, 3.63) is 24.3 Å². The summed E-state index contributed by atoms with van der Waals surface area (Å²) in [5.74, 6) is -0.848. The molecule has 2 atom stereocenters. The Labute approximate surface area is 319 Å². The van der Waals surface area contributed by atoms with Crippen molar-refractivity contribution in [3.63, 3.8) is 0 Å². The van der Waals surface area contributed by atoms with E-state index in [2.05, 4.69) is 38.2 Å². The van der Waals surface area contributed by atoms with E-state index in [1.165, 1.54) is 89.9 Å². The van der Waals surface area contributed by atoms with Gasteiger partial charge in [0.05, 0.1) is 27.7 Å². The number of unbranched alkanes of at least 4 members (excludes halogenated alkanes) is 21. The van der Waals surface area contributed by atoms with Crippen LogP contribution in [0.4, 0.5) is 0 Å². The first-order valence-corrected chi connectivity index (χ1v) is 22.5. The summed E-state index contributed by atoms with van der Waals surface area (Å²) in [6, 6.07) is 0. The fraction of sp³-hybridized carbons (Fsp3) is 0.857. The number of allylic oxidation sites excluding steroid dienone is 4. The highest BCUT2D eigenvalue weighted by Crippen LogP contribution is 2.38. The highest BCUT2D eigenvalue weighted by Gasteiger charge is 2.21. The molecule has 306 valence electrons. The number of rotatable bonds is 38. The molecule has 0 aromatic carbocycles. The third-order valence-corrected chi connectivity index (χ3v) is 9.97. The van der Waals surface area contributed by atoms with Gasteiger partial charge in [-0.25, -0.2) is 0 Å². The zero-order valence-corrected chi connectivity index (χ0v) is 35.2. The average Bonchev–Trinajstić information content (AvgIpc) is 3.09. The molecule has 0 heterocycles. The fourth-order valence-electron chi connectivity index (χ4n) is 5.64. The van der Waals surface area contributed by atoms with Gasteiger partial charge in [-0.3, -0.25) is 14.2 Å². The Balaban J connectivity index is 4.41. The molecule has 0 aromatic rings. The van der Waals surface area contributed by atoms with Gasteiger partial charge in [0.15, 0.2) is 6.10 Å². The molecule has 10 heteroatoms. The van der Waals surface area contributed by atoms with Crippen molar-refractivity contribution in [2.75, 3.05) is 47.5 Å². The van der Waals surface area contributed by atoms with Crippen molar-refractivity contribution in [2.24, 2.45) is 0 Å². The molecule has 0 bridgehead atoms. The van der Waals surface area contributed by atoms with Gasteiger partial charge >= 0.3 is 11.9 Å². The van der Waals surface area contributed by atoms with E-state index in [1.54, 1.807) is 0 Å². The van der Waals surface area contributed by atoms with E-state index in [-0.39, 0.29) is 32.0 Å². The van der Waals surface area contributed by atoms with Crippen LogP contribution in [0.2, 0.25) is 0 Å². The number of carbonyl (C=O) groups is 2. The summed E-state index contributed by atoms with van der Waals surface area (Å²) in [4.78, 5) is 37.4. The van der Waals surface area contributed by atoms with Crippen LogP contribution in [-0.2, 0) is 32.7 Å². The number of ether oxygens (including phenoxy) is 2. The number of nitrogens with zero attached hydrogens (tertiary/aromatic N) is 1. The van der Waals surface area contributed by atoms with Crippen LogP contribution >= 0.6 is 7.82 Å². The highest BCUT2D eigenvalue weighted by molar-refractivity contribution is 7.45. The fourth-order valence-corrected chi connectivity index (χ4v) is 6.37. The van der Waals surface area contributed by atoms with Crippen LogP contribution in [0.15, 0.2) is 24.3 Å². The normalized spacial score (nSPS) is 13.9. The number of esters is 2. The Morgan fingerprint density at radius 3 is 1.50 bits per heavy atom. The van der Waals surface area contributed by atoms with Gasteiger partial charge in [-0.2, -0.15) is 0 Å². The Morgan fingerprint density at radius 2 is 1.02 bits per heavy atom. The smallest absolute Gasteiger partial charge is 0.306 e. The lowest BCUT2D eigenvalue weighted by atomic mass is 10.0. The van der Waals surface area contributed by atoms with Crippen LogP contribution in [-0.4, -0.2) is 70.0 Å². The van der Waals surface area contributed by atoms with Crippen molar-refractivity contribution in [2.45, 2.75) is 187 Å². The number of phosphoric acid groups is 1. The topological polar surface area (TPSA) is 111 Å². The highest BCUT2D eigenvalue weighted by atomic mass is 31.2. The molecule has 0 amide bonds. The van der Waals surface area contributed by atoms with Gasteiger partial charge < -0.3 is 27.9 Å². The third kappa shape index (κ3) is 38.2. The molecule has 0 aliphatic rings. The van der Waals surface area contributed by atoms with Crippen molar-refractivity contribution in [1.29, 1.82) is 0 Å².